The SMILES string of the molecule is C1SC1CC1C[Te]C(CC2CS2)C[Te]1. The van der Waals surface area contributed by atoms with E-state index in [4.69, 9.17) is 0 Å². The van der Waals surface area contributed by atoms with E-state index in [9.17, 15) is 0 Å². The summed E-state index contributed by atoms with van der Waals surface area (Å²) in [7, 11) is 0. The second kappa shape index (κ2) is 5.28. The van der Waals surface area contributed by atoms with Crippen molar-refractivity contribution in [3.63, 3.8) is 0 Å². The van der Waals surface area contributed by atoms with Crippen LogP contribution in [-0.4, -0.2) is 63.9 Å². The summed E-state index contributed by atoms with van der Waals surface area (Å²) in [6.07, 6.45) is 3.28. The van der Waals surface area contributed by atoms with E-state index >= 15 is 0 Å². The normalized spacial score (nSPS) is 46.3. The molecule has 0 spiro atoms. The quantitative estimate of drug-likeness (QED) is 0.472. The van der Waals surface area contributed by atoms with E-state index in [1.165, 1.54) is 19.4 Å². The fraction of sp³-hybridized carbons (Fsp3) is 1.00. The van der Waals surface area contributed by atoms with Gasteiger partial charge in [0.25, 0.3) is 0 Å². The fourth-order valence-corrected chi connectivity index (χ4v) is 16.8. The summed E-state index contributed by atoms with van der Waals surface area (Å²) >= 11 is 5.32. The van der Waals surface area contributed by atoms with Crippen LogP contribution in [0, 0.1) is 0 Å². The van der Waals surface area contributed by atoms with E-state index < -0.39 is 0 Å². The van der Waals surface area contributed by atoms with Gasteiger partial charge in [-0.3, -0.25) is 0 Å². The van der Waals surface area contributed by atoms with Crippen molar-refractivity contribution < 1.29 is 0 Å². The van der Waals surface area contributed by atoms with Gasteiger partial charge in [0.15, 0.2) is 0 Å². The first-order chi connectivity index (χ1) is 6.90. The van der Waals surface area contributed by atoms with Crippen LogP contribution in [0.2, 0.25) is 16.9 Å². The maximum atomic E-state index is 2.22. The van der Waals surface area contributed by atoms with Crippen molar-refractivity contribution in [2.75, 3.05) is 11.5 Å². The van der Waals surface area contributed by atoms with Gasteiger partial charge in [0.2, 0.25) is 0 Å². The minimum absolute atomic E-state index is 0.445. The summed E-state index contributed by atoms with van der Waals surface area (Å²) in [4.78, 5) is 0. The molecule has 80 valence electrons. The number of rotatable bonds is 4. The molecule has 0 aromatic heterocycles. The average Bonchev–Trinajstić information content (AvgIpc) is 3.02. The van der Waals surface area contributed by atoms with Crippen LogP contribution in [0.3, 0.4) is 0 Å². The molecule has 4 unspecified atom stereocenters. The molecule has 3 heterocycles. The molecule has 3 fully saturated rings. The van der Waals surface area contributed by atoms with E-state index in [0.717, 1.165) is 10.5 Å². The van der Waals surface area contributed by atoms with Crippen LogP contribution in [0.1, 0.15) is 12.8 Å². The topological polar surface area (TPSA) is 0 Å². The molecule has 0 aliphatic carbocycles. The molecular weight excluding hydrogens is 439 g/mol. The molecule has 0 N–H and O–H groups in total. The van der Waals surface area contributed by atoms with Crippen molar-refractivity contribution in [3.05, 3.63) is 0 Å². The Kier molecular flexibility index (Phi) is 4.29. The number of hydrogen-bond acceptors (Lipinski definition) is 2. The average molecular weight is 456 g/mol. The third-order valence-corrected chi connectivity index (χ3v) is 17.1. The second-order valence-electron chi connectivity index (χ2n) is 4.29. The molecule has 4 atom stereocenters. The number of thioether (sulfide) groups is 2. The monoisotopic (exact) mass is 460 g/mol. The molecule has 4 heteroatoms. The maximum absolute atomic E-state index is 2.22. The van der Waals surface area contributed by atoms with Crippen molar-refractivity contribution >= 4 is 65.4 Å². The van der Waals surface area contributed by atoms with Crippen molar-refractivity contribution in [1.29, 1.82) is 0 Å². The van der Waals surface area contributed by atoms with Crippen LogP contribution in [0.4, 0.5) is 0 Å². The molecule has 3 saturated heterocycles. The Morgan fingerprint density at radius 1 is 0.857 bits per heavy atom. The Morgan fingerprint density at radius 3 is 1.57 bits per heavy atom. The van der Waals surface area contributed by atoms with Gasteiger partial charge in [-0.1, -0.05) is 0 Å². The molecule has 0 aromatic rings. The predicted octanol–water partition coefficient (Wildman–Crippen LogP) is 2.83. The van der Waals surface area contributed by atoms with Crippen molar-refractivity contribution in [3.8, 4) is 0 Å². The molecule has 0 saturated carbocycles. The van der Waals surface area contributed by atoms with Gasteiger partial charge in [-0.05, 0) is 0 Å². The Balaban J connectivity index is 1.37. The van der Waals surface area contributed by atoms with Gasteiger partial charge in [-0.2, -0.15) is 0 Å². The molecule has 0 aromatic carbocycles. The molecule has 14 heavy (non-hydrogen) atoms. The molecule has 0 bridgehead atoms. The van der Waals surface area contributed by atoms with Crippen LogP contribution in [0.25, 0.3) is 0 Å². The van der Waals surface area contributed by atoms with Gasteiger partial charge < -0.3 is 0 Å². The van der Waals surface area contributed by atoms with Gasteiger partial charge in [0.1, 0.15) is 0 Å². The molecule has 3 aliphatic heterocycles. The van der Waals surface area contributed by atoms with E-state index in [2.05, 4.69) is 23.5 Å². The van der Waals surface area contributed by atoms with Gasteiger partial charge in [-0.25, -0.2) is 0 Å². The third-order valence-electron chi connectivity index (χ3n) is 2.89. The van der Waals surface area contributed by atoms with E-state index in [0.29, 0.717) is 41.8 Å². The molecule has 3 rings (SSSR count). The van der Waals surface area contributed by atoms with Gasteiger partial charge in [-0.15, -0.1) is 0 Å². The minimum atomic E-state index is 0.445. The molecule has 0 nitrogen and oxygen atoms in total. The van der Waals surface area contributed by atoms with Crippen molar-refractivity contribution in [2.45, 2.75) is 40.2 Å². The molecular formula is C10H16S2Te2. The van der Waals surface area contributed by atoms with Gasteiger partial charge in [0, 0.05) is 0 Å². The molecule has 0 radical (unpaired) electrons. The standard InChI is InChI=1S/C10H16S2Te2/c1(7-3-11-7)9-5-14-10(6-13-9)2-8-4-12-8/h7-10H,1-6H2. The molecule has 0 amide bonds. The zero-order chi connectivity index (χ0) is 9.38. The fourth-order valence-electron chi connectivity index (χ4n) is 1.85. The summed E-state index contributed by atoms with van der Waals surface area (Å²) in [6, 6.07) is 0. The van der Waals surface area contributed by atoms with E-state index in [1.807, 2.05) is 0 Å². The summed E-state index contributed by atoms with van der Waals surface area (Å²) in [6.45, 7) is 0. The van der Waals surface area contributed by atoms with Crippen LogP contribution < -0.4 is 0 Å². The summed E-state index contributed by atoms with van der Waals surface area (Å²) in [5.74, 6) is 3.01. The summed E-state index contributed by atoms with van der Waals surface area (Å²) < 4.78 is 6.08. The Labute approximate surface area is 116 Å². The van der Waals surface area contributed by atoms with Crippen molar-refractivity contribution in [1.82, 2.24) is 0 Å². The first-order valence-electron chi connectivity index (χ1n) is 5.36. The number of hydrogen-bond donors (Lipinski definition) is 0. The Bertz CT molecular complexity index is 174. The Morgan fingerprint density at radius 2 is 1.29 bits per heavy atom. The van der Waals surface area contributed by atoms with Crippen LogP contribution in [0.5, 0.6) is 0 Å². The predicted molar refractivity (Wildman–Crippen MR) is 70.3 cm³/mol. The zero-order valence-electron chi connectivity index (χ0n) is 8.19. The molecule has 3 aliphatic rings. The third kappa shape index (κ3) is 3.65. The second-order valence-corrected chi connectivity index (χ2v) is 14.6. The van der Waals surface area contributed by atoms with Crippen LogP contribution >= 0.6 is 23.5 Å². The van der Waals surface area contributed by atoms with Crippen LogP contribution in [-0.2, 0) is 0 Å². The van der Waals surface area contributed by atoms with Crippen molar-refractivity contribution in [2.24, 2.45) is 0 Å². The Hall–Kier alpha value is 2.28. The summed E-state index contributed by atoms with van der Waals surface area (Å²) in [5, 5.41) is 2.27. The van der Waals surface area contributed by atoms with E-state index in [-0.39, 0.29) is 0 Å². The van der Waals surface area contributed by atoms with Gasteiger partial charge in [0.05, 0.1) is 0 Å². The zero-order valence-corrected chi connectivity index (χ0v) is 14.5. The summed E-state index contributed by atoms with van der Waals surface area (Å²) in [5.41, 5.74) is 0. The van der Waals surface area contributed by atoms with Crippen LogP contribution in [0.15, 0.2) is 0 Å². The van der Waals surface area contributed by atoms with E-state index in [1.54, 1.807) is 21.8 Å². The first kappa shape index (κ1) is 11.4. The first-order valence-corrected chi connectivity index (χ1v) is 13.4. The van der Waals surface area contributed by atoms with Gasteiger partial charge >= 0.3 is 117 Å².